The molecule has 18 heteroatoms. The maximum atomic E-state index is 16.5. The molecule has 5 heterocycles. The van der Waals surface area contributed by atoms with Crippen LogP contribution in [0.15, 0.2) is 78.2 Å². The first-order valence-corrected chi connectivity index (χ1v) is 24.3. The van der Waals surface area contributed by atoms with Crippen molar-refractivity contribution in [1.82, 2.24) is 29.6 Å². The number of pyridine rings is 1. The number of nitrogens with zero attached hydrogens (tertiary/aromatic N) is 5. The number of aromatic nitrogens is 4. The summed E-state index contributed by atoms with van der Waals surface area (Å²) < 4.78 is 53.0. The van der Waals surface area contributed by atoms with E-state index in [-0.39, 0.29) is 51.8 Å². The highest BCUT2D eigenvalue weighted by atomic mass is 32.2. The number of halogens is 1. The number of H-pyrrole nitrogens is 2. The van der Waals surface area contributed by atoms with Crippen molar-refractivity contribution in [2.45, 2.75) is 101 Å². The number of nitro groups is 1. The van der Waals surface area contributed by atoms with Gasteiger partial charge in [0.25, 0.3) is 21.6 Å². The molecule has 16 nitrogen and oxygen atoms in total. The maximum absolute atomic E-state index is 16.5. The molecule has 2 saturated heterocycles. The fourth-order valence-corrected chi connectivity index (χ4v) is 12.4. The second-order valence-corrected chi connectivity index (χ2v) is 21.1. The van der Waals surface area contributed by atoms with Crippen molar-refractivity contribution in [3.05, 3.63) is 106 Å². The molecule has 3 aromatic heterocycles. The summed E-state index contributed by atoms with van der Waals surface area (Å²) in [4.78, 5) is 44.2. The van der Waals surface area contributed by atoms with Gasteiger partial charge in [-0.15, -0.1) is 0 Å². The number of benzene rings is 3. The minimum Gasteiger partial charge on any atom is -0.455 e. The second-order valence-electron chi connectivity index (χ2n) is 19.5. The van der Waals surface area contributed by atoms with Gasteiger partial charge in [-0.2, -0.15) is 0 Å². The summed E-state index contributed by atoms with van der Waals surface area (Å²) >= 11 is 0. The number of carbonyl (C=O) groups is 1. The van der Waals surface area contributed by atoms with Crippen LogP contribution in [0.4, 0.5) is 21.5 Å². The van der Waals surface area contributed by atoms with E-state index < -0.39 is 48.4 Å². The normalized spacial score (nSPS) is 22.2. The number of aliphatic hydroxyl groups is 1. The highest BCUT2D eigenvalue weighted by molar-refractivity contribution is 7.90. The molecule has 1 atom stereocenters. The smallest absolute Gasteiger partial charge is 0.296 e. The van der Waals surface area contributed by atoms with Crippen LogP contribution in [0.3, 0.4) is 0 Å². The Labute approximate surface area is 381 Å². The van der Waals surface area contributed by atoms with E-state index in [1.54, 1.807) is 25.3 Å². The van der Waals surface area contributed by atoms with E-state index in [2.05, 4.69) is 68.3 Å². The van der Waals surface area contributed by atoms with Crippen LogP contribution in [0, 0.1) is 27.3 Å². The number of carbonyl (C=O) groups excluding carboxylic acids is 1. The minimum absolute atomic E-state index is 0.0231. The molecule has 2 saturated carbocycles. The number of amides is 1. The molecule has 66 heavy (non-hydrogen) atoms. The zero-order valence-corrected chi connectivity index (χ0v) is 38.0. The average Bonchev–Trinajstić information content (AvgIpc) is 4.06. The third-order valence-corrected chi connectivity index (χ3v) is 15.9. The Bertz CT molecular complexity index is 2960. The number of anilines is 2. The topological polar surface area (TPSA) is 212 Å². The van der Waals surface area contributed by atoms with Crippen molar-refractivity contribution in [2.75, 3.05) is 36.4 Å². The van der Waals surface area contributed by atoms with Crippen molar-refractivity contribution < 1.29 is 32.4 Å². The lowest BCUT2D eigenvalue weighted by Gasteiger charge is -2.56. The monoisotopic (exact) mass is 919 g/mol. The van der Waals surface area contributed by atoms with Crippen LogP contribution in [0.5, 0.6) is 11.5 Å². The van der Waals surface area contributed by atoms with Crippen LogP contribution in [-0.4, -0.2) is 87.0 Å². The lowest BCUT2D eigenvalue weighted by molar-refractivity contribution is -0.384. The summed E-state index contributed by atoms with van der Waals surface area (Å²) in [5, 5.41) is 26.3. The Kier molecular flexibility index (Phi) is 11.0. The van der Waals surface area contributed by atoms with Gasteiger partial charge in [0.1, 0.15) is 39.1 Å². The molecular formula is C48H54FN9O7S. The van der Waals surface area contributed by atoms with E-state index in [0.29, 0.717) is 49.6 Å². The number of hydrogen-bond acceptors (Lipinski definition) is 12. The molecule has 0 bridgehead atoms. The Hall–Kier alpha value is -6.11. The van der Waals surface area contributed by atoms with E-state index in [0.717, 1.165) is 56.2 Å². The lowest BCUT2D eigenvalue weighted by atomic mass is 9.59. The summed E-state index contributed by atoms with van der Waals surface area (Å²) in [6.45, 7) is 8.79. The first-order valence-electron chi connectivity index (χ1n) is 22.8. The van der Waals surface area contributed by atoms with Crippen LogP contribution < -0.4 is 19.7 Å². The number of ether oxygens (including phenoxy) is 1. The van der Waals surface area contributed by atoms with E-state index in [1.165, 1.54) is 36.1 Å². The number of rotatable bonds is 13. The third kappa shape index (κ3) is 8.12. The van der Waals surface area contributed by atoms with Crippen molar-refractivity contribution in [1.29, 1.82) is 0 Å². The van der Waals surface area contributed by atoms with Gasteiger partial charge in [0.2, 0.25) is 0 Å². The largest absolute Gasteiger partial charge is 0.455 e. The Morgan fingerprint density at radius 1 is 1.06 bits per heavy atom. The number of piperidine rings is 1. The summed E-state index contributed by atoms with van der Waals surface area (Å²) in [5.74, 6) is -1.33. The van der Waals surface area contributed by atoms with Gasteiger partial charge in [-0.25, -0.2) is 27.5 Å². The van der Waals surface area contributed by atoms with Crippen molar-refractivity contribution in [3.63, 3.8) is 0 Å². The van der Waals surface area contributed by atoms with E-state index in [4.69, 9.17) is 4.74 Å². The number of aromatic amines is 2. The molecule has 0 unspecified atom stereocenters. The lowest BCUT2D eigenvalue weighted by Crippen LogP contribution is -2.55. The van der Waals surface area contributed by atoms with E-state index in [9.17, 15) is 28.4 Å². The van der Waals surface area contributed by atoms with Crippen molar-refractivity contribution in [3.8, 4) is 11.5 Å². The molecule has 3 aromatic carbocycles. The van der Waals surface area contributed by atoms with Crippen LogP contribution in [0.2, 0.25) is 0 Å². The molecule has 346 valence electrons. The van der Waals surface area contributed by atoms with Crippen LogP contribution >= 0.6 is 0 Å². The molecule has 2 aliphatic carbocycles. The first-order chi connectivity index (χ1) is 31.6. The summed E-state index contributed by atoms with van der Waals surface area (Å²) in [6.07, 6.45) is 11.6. The molecule has 10 rings (SSSR count). The highest BCUT2D eigenvalue weighted by Gasteiger charge is 2.50. The second kappa shape index (κ2) is 16.6. The summed E-state index contributed by atoms with van der Waals surface area (Å²) in [6, 6.07) is 16.5. The number of imidazole rings is 1. The predicted octanol–water partition coefficient (Wildman–Crippen LogP) is 8.68. The molecule has 4 fully saturated rings. The van der Waals surface area contributed by atoms with E-state index >= 15 is 4.39 Å². The van der Waals surface area contributed by atoms with Gasteiger partial charge < -0.3 is 30.0 Å². The number of nitro benzene ring substituents is 1. The quantitative estimate of drug-likeness (QED) is 0.0544. The maximum Gasteiger partial charge on any atom is 0.296 e. The molecule has 6 aromatic rings. The number of nitrogens with one attached hydrogen (secondary N) is 4. The van der Waals surface area contributed by atoms with E-state index in [1.807, 2.05) is 9.62 Å². The molecule has 0 radical (unpaired) electrons. The standard InChI is InChI=1S/C48H54FN9O7S/c1-28(2)33-7-4-5-8-34(33)37-9-6-14-57(37)31-23-48(24-31)11-15-56(16-12-48)38-19-40(65-32-17-30-10-13-50-45(30)52-26-32)35(18-36(38)49)46(59)55-66(63,64)41-20-39(58(61)62)42(44-43(41)53-27-54-44)51-25-29-21-47(3,60)22-29/h4-5,7-8,10,13,17-20,26-29,31,37,51,60H,6,9,11-12,14-16,21-25H2,1-3H3,(H,50,52)(H,53,54)(H,55,59)/t29?,37-,47?/m0/s1. The summed E-state index contributed by atoms with van der Waals surface area (Å²) in [5.41, 5.74) is 1.99. The third-order valence-electron chi connectivity index (χ3n) is 14.5. The van der Waals surface area contributed by atoms with Gasteiger partial charge >= 0.3 is 0 Å². The number of hydrogen-bond donors (Lipinski definition) is 5. The van der Waals surface area contributed by atoms with Gasteiger partial charge in [0.05, 0.1) is 39.8 Å². The van der Waals surface area contributed by atoms with Crippen LogP contribution in [-0.2, 0) is 10.0 Å². The van der Waals surface area contributed by atoms with Crippen molar-refractivity contribution >= 4 is 55.1 Å². The number of fused-ring (bicyclic) bond motifs is 2. The van der Waals surface area contributed by atoms with Gasteiger partial charge in [-0.3, -0.25) is 19.8 Å². The van der Waals surface area contributed by atoms with Gasteiger partial charge in [-0.1, -0.05) is 38.1 Å². The van der Waals surface area contributed by atoms with Crippen LogP contribution in [0.1, 0.15) is 106 Å². The summed E-state index contributed by atoms with van der Waals surface area (Å²) in [7, 11) is -4.87. The predicted molar refractivity (Wildman–Crippen MR) is 248 cm³/mol. The fourth-order valence-electron chi connectivity index (χ4n) is 11.3. The highest BCUT2D eigenvalue weighted by Crippen LogP contribution is 2.54. The van der Waals surface area contributed by atoms with Crippen LogP contribution in [0.25, 0.3) is 22.1 Å². The molecule has 1 spiro atoms. The first kappa shape index (κ1) is 43.8. The molecular weight excluding hydrogens is 866 g/mol. The zero-order valence-electron chi connectivity index (χ0n) is 37.1. The average molecular weight is 920 g/mol. The minimum atomic E-state index is -4.87. The zero-order chi connectivity index (χ0) is 46.1. The number of likely N-dealkylation sites (tertiary alicyclic amines) is 1. The molecule has 5 N–H and O–H groups in total. The Morgan fingerprint density at radius 3 is 2.58 bits per heavy atom. The Morgan fingerprint density at radius 2 is 1.83 bits per heavy atom. The van der Waals surface area contributed by atoms with Crippen molar-refractivity contribution in [2.24, 2.45) is 11.3 Å². The molecule has 2 aliphatic heterocycles. The SMILES string of the molecule is CC(C)c1ccccc1[C@@H]1CCCN1C1CC2(CCN(c3cc(Oc4cnc5[nH]ccc5c4)c(C(=O)NS(=O)(=O)c4cc([N+](=O)[O-])c(NCC5CC(C)(O)C5)c5[nH]cnc45)cc3F)CC2)C1. The fraction of sp³-hybridized carbons (Fsp3) is 0.438. The molecule has 1 amide bonds. The molecule has 4 aliphatic rings. The van der Waals surface area contributed by atoms with Gasteiger partial charge in [-0.05, 0) is 111 Å². The van der Waals surface area contributed by atoms with Gasteiger partial charge in [0, 0.05) is 55.4 Å². The van der Waals surface area contributed by atoms with Gasteiger partial charge in [0.15, 0.2) is 0 Å². The Balaban J connectivity index is 0.892. The number of sulfonamides is 1.